The minimum absolute atomic E-state index is 0. The van der Waals surface area contributed by atoms with Gasteiger partial charge in [-0.2, -0.15) is 0 Å². The Morgan fingerprint density at radius 3 is 2.43 bits per heavy atom. The molecule has 1 aliphatic heterocycles. The average molecular weight is 453 g/mol. The second-order valence-corrected chi connectivity index (χ2v) is 7.13. The van der Waals surface area contributed by atoms with Gasteiger partial charge in [0, 0.05) is 11.6 Å². The summed E-state index contributed by atoms with van der Waals surface area (Å²) in [5, 5.41) is 1.62. The Morgan fingerprint density at radius 1 is 1.20 bits per heavy atom. The minimum Gasteiger partial charge on any atom is -0.468 e. The molecule has 7 nitrogen and oxygen atoms in total. The largest absolute Gasteiger partial charge is 0.468 e. The first-order valence-corrected chi connectivity index (χ1v) is 9.32. The van der Waals surface area contributed by atoms with Crippen LogP contribution in [-0.4, -0.2) is 30.3 Å². The van der Waals surface area contributed by atoms with E-state index in [1.54, 1.807) is 30.3 Å². The predicted octanol–water partition coefficient (Wildman–Crippen LogP) is 3.41. The molecule has 0 spiro atoms. The van der Waals surface area contributed by atoms with Gasteiger partial charge in [0.05, 0.1) is 12.0 Å². The molecule has 158 valence electrons. The number of imide groups is 1. The van der Waals surface area contributed by atoms with Crippen LogP contribution in [0.1, 0.15) is 11.1 Å². The summed E-state index contributed by atoms with van der Waals surface area (Å²) in [6, 6.07) is 10.3. The summed E-state index contributed by atoms with van der Waals surface area (Å²) < 4.78 is 24.6. The lowest BCUT2D eigenvalue weighted by Crippen LogP contribution is -2.33. The molecule has 0 radical (unpaired) electrons. The number of benzene rings is 2. The number of thioether (sulfide) groups is 1. The number of carbonyl (C=O) groups is 3. The highest BCUT2D eigenvalue weighted by atomic mass is 35.5. The van der Waals surface area contributed by atoms with E-state index in [-0.39, 0.29) is 28.6 Å². The Labute approximate surface area is 182 Å². The van der Waals surface area contributed by atoms with Crippen LogP contribution in [0.15, 0.2) is 47.4 Å². The van der Waals surface area contributed by atoms with Gasteiger partial charge in [-0.1, -0.05) is 12.1 Å². The number of methoxy groups -OCH3 is 1. The Kier molecular flexibility index (Phi) is 7.99. The van der Waals surface area contributed by atoms with Gasteiger partial charge in [0.25, 0.3) is 11.1 Å². The molecule has 1 heterocycles. The van der Waals surface area contributed by atoms with E-state index in [4.69, 9.17) is 10.5 Å². The summed E-state index contributed by atoms with van der Waals surface area (Å²) in [4.78, 5) is 34.2. The topological polar surface area (TPSA) is 108 Å². The molecule has 30 heavy (non-hydrogen) atoms. The molecule has 2 aromatic carbocycles. The number of nitrogens with two attached hydrogens (primary N) is 1. The molecule has 1 fully saturated rings. The number of amides is 2. The van der Waals surface area contributed by atoms with Crippen LogP contribution < -0.4 is 15.8 Å². The van der Waals surface area contributed by atoms with Crippen LogP contribution in [0.3, 0.4) is 0 Å². The van der Waals surface area contributed by atoms with Crippen LogP contribution in [0.2, 0.25) is 0 Å². The molecule has 0 aliphatic carbocycles. The van der Waals surface area contributed by atoms with Crippen LogP contribution in [-0.2, 0) is 20.7 Å². The van der Waals surface area contributed by atoms with Crippen molar-refractivity contribution in [2.24, 2.45) is 5.73 Å². The Morgan fingerprint density at radius 2 is 1.87 bits per heavy atom. The number of rotatable bonds is 6. The van der Waals surface area contributed by atoms with Gasteiger partial charge < -0.3 is 15.2 Å². The number of halogens is 2. The molecular weight excluding hydrogens is 435 g/mol. The van der Waals surface area contributed by atoms with Crippen molar-refractivity contribution in [2.75, 3.05) is 7.11 Å². The van der Waals surface area contributed by atoms with Crippen LogP contribution in [0.25, 0.3) is 6.08 Å². The molecule has 2 amide bonds. The standard InChI is InChI=1S/C20H17FN2O5S.ClH/c1-27-19(25)16(22)8-11-2-5-13(6-3-11)28-14-7-4-12(15(21)10-14)9-17-18(24)23-20(26)29-17;/h2-7,9-10,16H,8,22H2,1H3,(H,23,24,26);1H/b17-9+;/t16-;/m0./s1. The van der Waals surface area contributed by atoms with Crippen LogP contribution in [0, 0.1) is 5.82 Å². The van der Waals surface area contributed by atoms with Crippen molar-refractivity contribution in [1.82, 2.24) is 5.32 Å². The number of esters is 1. The van der Waals surface area contributed by atoms with E-state index in [1.165, 1.54) is 25.3 Å². The lowest BCUT2D eigenvalue weighted by Gasteiger charge is -2.10. The Bertz CT molecular complexity index is 997. The quantitative estimate of drug-likeness (QED) is 0.510. The van der Waals surface area contributed by atoms with Crippen LogP contribution in [0.4, 0.5) is 9.18 Å². The zero-order valence-electron chi connectivity index (χ0n) is 15.7. The minimum atomic E-state index is -0.752. The van der Waals surface area contributed by atoms with Crippen molar-refractivity contribution < 1.29 is 28.2 Å². The van der Waals surface area contributed by atoms with E-state index in [0.29, 0.717) is 12.2 Å². The molecule has 2 aromatic rings. The van der Waals surface area contributed by atoms with Crippen molar-refractivity contribution >= 4 is 47.4 Å². The number of hydrogen-bond acceptors (Lipinski definition) is 7. The monoisotopic (exact) mass is 452 g/mol. The van der Waals surface area contributed by atoms with Crippen molar-refractivity contribution in [2.45, 2.75) is 12.5 Å². The highest BCUT2D eigenvalue weighted by Crippen LogP contribution is 2.29. The van der Waals surface area contributed by atoms with E-state index < -0.39 is 29.0 Å². The highest BCUT2D eigenvalue weighted by molar-refractivity contribution is 8.18. The fourth-order valence-corrected chi connectivity index (χ4v) is 3.24. The van der Waals surface area contributed by atoms with Gasteiger partial charge in [-0.05, 0) is 54.1 Å². The van der Waals surface area contributed by atoms with Gasteiger partial charge in [0.15, 0.2) is 0 Å². The number of carbonyl (C=O) groups excluding carboxylic acids is 3. The third-order valence-corrected chi connectivity index (χ3v) is 4.83. The fourth-order valence-electron chi connectivity index (χ4n) is 2.57. The maximum Gasteiger partial charge on any atom is 0.322 e. The van der Waals surface area contributed by atoms with Gasteiger partial charge in [-0.15, -0.1) is 12.4 Å². The molecule has 3 N–H and O–H groups in total. The second kappa shape index (κ2) is 10.2. The van der Waals surface area contributed by atoms with Crippen molar-refractivity contribution in [3.05, 3.63) is 64.3 Å². The smallest absolute Gasteiger partial charge is 0.322 e. The lowest BCUT2D eigenvalue weighted by molar-refractivity contribution is -0.142. The molecule has 3 rings (SSSR count). The van der Waals surface area contributed by atoms with Crippen molar-refractivity contribution in [3.63, 3.8) is 0 Å². The third-order valence-electron chi connectivity index (χ3n) is 4.02. The second-order valence-electron chi connectivity index (χ2n) is 6.12. The SMILES string of the molecule is COC(=O)[C@@H](N)Cc1ccc(Oc2ccc(/C=C3/SC(=O)NC3=O)c(F)c2)cc1.Cl. The van der Waals surface area contributed by atoms with E-state index in [9.17, 15) is 18.8 Å². The summed E-state index contributed by atoms with van der Waals surface area (Å²) in [5.74, 6) is -0.894. The maximum atomic E-state index is 14.3. The maximum absolute atomic E-state index is 14.3. The predicted molar refractivity (Wildman–Crippen MR) is 113 cm³/mol. The highest BCUT2D eigenvalue weighted by Gasteiger charge is 2.25. The molecule has 1 aliphatic rings. The molecule has 0 aromatic heterocycles. The fraction of sp³-hybridized carbons (Fsp3) is 0.150. The van der Waals surface area contributed by atoms with E-state index in [0.717, 1.165) is 17.3 Å². The molecule has 0 unspecified atom stereocenters. The Balaban J connectivity index is 0.00000320. The third kappa shape index (κ3) is 5.82. The summed E-state index contributed by atoms with van der Waals surface area (Å²) in [6.07, 6.45) is 1.63. The van der Waals surface area contributed by atoms with Gasteiger partial charge >= 0.3 is 5.97 Å². The summed E-state index contributed by atoms with van der Waals surface area (Å²) in [6.45, 7) is 0. The van der Waals surface area contributed by atoms with Crippen molar-refractivity contribution in [3.8, 4) is 11.5 Å². The van der Waals surface area contributed by atoms with E-state index in [1.807, 2.05) is 0 Å². The zero-order valence-corrected chi connectivity index (χ0v) is 17.3. The lowest BCUT2D eigenvalue weighted by atomic mass is 10.1. The Hall–Kier alpha value is -2.88. The molecule has 0 bridgehead atoms. The number of nitrogens with one attached hydrogen (secondary N) is 1. The molecular formula is C20H18ClFN2O5S. The first-order chi connectivity index (χ1) is 13.9. The summed E-state index contributed by atoms with van der Waals surface area (Å²) >= 11 is 0.718. The number of hydrogen-bond donors (Lipinski definition) is 2. The molecule has 1 atom stereocenters. The van der Waals surface area contributed by atoms with E-state index in [2.05, 4.69) is 10.1 Å². The number of ether oxygens (including phenoxy) is 2. The van der Waals surface area contributed by atoms with Crippen LogP contribution >= 0.6 is 24.2 Å². The van der Waals surface area contributed by atoms with Gasteiger partial charge in [-0.3, -0.25) is 19.7 Å². The first-order valence-electron chi connectivity index (χ1n) is 8.50. The first kappa shape index (κ1) is 23.4. The molecule has 0 saturated carbocycles. The van der Waals surface area contributed by atoms with E-state index >= 15 is 0 Å². The summed E-state index contributed by atoms with van der Waals surface area (Å²) in [7, 11) is 1.28. The normalized spacial score (nSPS) is 15.4. The van der Waals surface area contributed by atoms with Gasteiger partial charge in [-0.25, -0.2) is 4.39 Å². The summed E-state index contributed by atoms with van der Waals surface area (Å²) in [5.41, 5.74) is 6.72. The van der Waals surface area contributed by atoms with Crippen molar-refractivity contribution in [1.29, 1.82) is 0 Å². The van der Waals surface area contributed by atoms with Gasteiger partial charge in [0.2, 0.25) is 0 Å². The van der Waals surface area contributed by atoms with Gasteiger partial charge in [0.1, 0.15) is 23.4 Å². The zero-order chi connectivity index (χ0) is 21.0. The molecule has 1 saturated heterocycles. The average Bonchev–Trinajstić information content (AvgIpc) is 3.01. The van der Waals surface area contributed by atoms with Crippen LogP contribution in [0.5, 0.6) is 11.5 Å². The molecule has 10 heteroatoms.